The number of alkyl halides is 4. The summed E-state index contributed by atoms with van der Waals surface area (Å²) < 4.78 is 58.9. The number of methoxy groups -OCH3 is 1. The number of halogens is 4. The average molecular weight is 449 g/mol. The third kappa shape index (κ3) is 5.81. The Labute approximate surface area is 174 Å². The summed E-state index contributed by atoms with van der Waals surface area (Å²) in [6.45, 7) is 0.435. The number of rotatable bonds is 9. The fraction of sp³-hybridized carbons (Fsp3) is 0.526. The van der Waals surface area contributed by atoms with Gasteiger partial charge >= 0.3 is 6.18 Å². The van der Waals surface area contributed by atoms with Gasteiger partial charge in [-0.05, 0) is 30.0 Å². The van der Waals surface area contributed by atoms with Crippen molar-refractivity contribution in [2.75, 3.05) is 32.2 Å². The number of benzene rings is 1. The Bertz CT molecular complexity index is 875. The van der Waals surface area contributed by atoms with Crippen LogP contribution in [-0.4, -0.2) is 62.8 Å². The molecule has 0 spiro atoms. The highest BCUT2D eigenvalue weighted by atomic mass is 32.1. The van der Waals surface area contributed by atoms with E-state index in [4.69, 9.17) is 9.57 Å². The Balaban J connectivity index is 1.88. The largest absolute Gasteiger partial charge is 0.393 e. The minimum absolute atomic E-state index is 0.0539. The maximum Gasteiger partial charge on any atom is 0.393 e. The number of nitrogens with one attached hydrogen (secondary N) is 2. The number of aliphatic hydroxyl groups is 1. The highest BCUT2D eigenvalue weighted by molar-refractivity contribution is 7.21. The predicted molar refractivity (Wildman–Crippen MR) is 108 cm³/mol. The molecule has 1 aromatic carbocycles. The molecule has 2 heterocycles. The molecule has 2 aromatic rings. The SMILES string of the molecule is COCC(O)CO/N=C/c1sc2c(N[C@@H]3CCN[C@@H]3F)cccc2c1CC(F)(F)F. The quantitative estimate of drug-likeness (QED) is 0.237. The maximum atomic E-state index is 13.9. The van der Waals surface area contributed by atoms with Crippen LogP contribution in [0.25, 0.3) is 10.1 Å². The molecule has 1 aromatic heterocycles. The molecule has 1 unspecified atom stereocenters. The Morgan fingerprint density at radius 2 is 2.20 bits per heavy atom. The lowest BCUT2D eigenvalue weighted by molar-refractivity contribution is -0.126. The molecule has 1 saturated heterocycles. The number of aliphatic hydroxyl groups excluding tert-OH is 1. The molecule has 1 fully saturated rings. The van der Waals surface area contributed by atoms with E-state index < -0.39 is 31.0 Å². The molecule has 3 rings (SSSR count). The zero-order valence-electron chi connectivity index (χ0n) is 16.2. The molecule has 0 radical (unpaired) electrons. The molecule has 0 aliphatic carbocycles. The lowest BCUT2D eigenvalue weighted by Gasteiger charge is -2.16. The van der Waals surface area contributed by atoms with Crippen LogP contribution in [0.2, 0.25) is 0 Å². The van der Waals surface area contributed by atoms with Gasteiger partial charge in [-0.1, -0.05) is 17.3 Å². The highest BCUT2D eigenvalue weighted by Crippen LogP contribution is 2.39. The van der Waals surface area contributed by atoms with Gasteiger partial charge in [-0.3, -0.25) is 5.32 Å². The van der Waals surface area contributed by atoms with E-state index in [2.05, 4.69) is 15.8 Å². The van der Waals surface area contributed by atoms with Gasteiger partial charge in [-0.25, -0.2) is 4.39 Å². The van der Waals surface area contributed by atoms with E-state index in [0.717, 1.165) is 11.3 Å². The molecule has 1 aliphatic heterocycles. The van der Waals surface area contributed by atoms with Gasteiger partial charge < -0.3 is 20.0 Å². The summed E-state index contributed by atoms with van der Waals surface area (Å²) in [5.41, 5.74) is 0.658. The van der Waals surface area contributed by atoms with Gasteiger partial charge in [0.15, 0.2) is 6.30 Å². The Morgan fingerprint density at radius 3 is 2.87 bits per heavy atom. The van der Waals surface area contributed by atoms with Gasteiger partial charge in [0, 0.05) is 7.11 Å². The molecule has 11 heteroatoms. The number of fused-ring (bicyclic) bond motifs is 1. The van der Waals surface area contributed by atoms with Crippen molar-refractivity contribution in [3.63, 3.8) is 0 Å². The summed E-state index contributed by atoms with van der Waals surface area (Å²) in [7, 11) is 1.42. The standard InChI is InChI=1S/C19H23F4N3O3S/c1-28-9-11(27)10-29-25-8-16-13(7-19(21,22)23)12-3-2-4-14(17(12)30-16)26-15-5-6-24-18(15)20/h2-4,8,11,15,18,24,26-27H,5-7,9-10H2,1H3/b25-8+/t11?,15-,18+/m1/s1. The number of hydrogen-bond donors (Lipinski definition) is 3. The Kier molecular flexibility index (Phi) is 7.50. The summed E-state index contributed by atoms with van der Waals surface area (Å²) in [6.07, 6.45) is -5.86. The van der Waals surface area contributed by atoms with E-state index in [1.54, 1.807) is 18.2 Å². The molecule has 166 valence electrons. The van der Waals surface area contributed by atoms with Gasteiger partial charge in [-0.15, -0.1) is 11.3 Å². The number of ether oxygens (including phenoxy) is 1. The first-order chi connectivity index (χ1) is 14.3. The first kappa shape index (κ1) is 22.7. The zero-order valence-corrected chi connectivity index (χ0v) is 17.0. The fourth-order valence-corrected chi connectivity index (χ4v) is 4.41. The highest BCUT2D eigenvalue weighted by Gasteiger charge is 2.32. The van der Waals surface area contributed by atoms with Crippen LogP contribution in [0, 0.1) is 0 Å². The third-order valence-electron chi connectivity index (χ3n) is 4.59. The topological polar surface area (TPSA) is 75.1 Å². The van der Waals surface area contributed by atoms with Crippen LogP contribution in [0.4, 0.5) is 23.2 Å². The monoisotopic (exact) mass is 449 g/mol. The van der Waals surface area contributed by atoms with Crippen molar-refractivity contribution in [2.24, 2.45) is 5.16 Å². The first-order valence-corrected chi connectivity index (χ1v) is 10.2. The lowest BCUT2D eigenvalue weighted by Crippen LogP contribution is -2.31. The third-order valence-corrected chi connectivity index (χ3v) is 5.80. The Morgan fingerprint density at radius 1 is 1.40 bits per heavy atom. The second-order valence-electron chi connectivity index (χ2n) is 6.95. The van der Waals surface area contributed by atoms with Gasteiger partial charge in [-0.2, -0.15) is 13.2 Å². The molecule has 0 amide bonds. The van der Waals surface area contributed by atoms with Crippen LogP contribution < -0.4 is 10.6 Å². The van der Waals surface area contributed by atoms with Crippen molar-refractivity contribution in [3.05, 3.63) is 28.6 Å². The average Bonchev–Trinajstić information content (AvgIpc) is 3.22. The summed E-state index contributed by atoms with van der Waals surface area (Å²) in [5, 5.41) is 19.5. The number of nitrogens with zero attached hydrogens (tertiary/aromatic N) is 1. The minimum atomic E-state index is -4.41. The van der Waals surface area contributed by atoms with Crippen LogP contribution in [0.15, 0.2) is 23.4 Å². The molecule has 6 nitrogen and oxygen atoms in total. The molecule has 1 aliphatic rings. The van der Waals surface area contributed by atoms with E-state index in [1.807, 2.05) is 0 Å². The molecule has 3 atom stereocenters. The summed E-state index contributed by atoms with van der Waals surface area (Å²) in [6, 6.07) is 4.52. The van der Waals surface area contributed by atoms with Gasteiger partial charge in [0.05, 0.1) is 40.5 Å². The number of hydrogen-bond acceptors (Lipinski definition) is 7. The van der Waals surface area contributed by atoms with Gasteiger partial charge in [0.25, 0.3) is 0 Å². The molecule has 0 bridgehead atoms. The molecule has 3 N–H and O–H groups in total. The summed E-state index contributed by atoms with van der Waals surface area (Å²) in [5.74, 6) is 0. The zero-order chi connectivity index (χ0) is 21.7. The lowest BCUT2D eigenvalue weighted by atomic mass is 10.1. The predicted octanol–water partition coefficient (Wildman–Crippen LogP) is 3.43. The minimum Gasteiger partial charge on any atom is -0.393 e. The van der Waals surface area contributed by atoms with E-state index in [9.17, 15) is 22.7 Å². The summed E-state index contributed by atoms with van der Waals surface area (Å²) in [4.78, 5) is 5.27. The molecular weight excluding hydrogens is 426 g/mol. The number of anilines is 1. The molecule has 0 saturated carbocycles. The van der Waals surface area contributed by atoms with Crippen LogP contribution in [0.1, 0.15) is 16.9 Å². The smallest absolute Gasteiger partial charge is 0.393 e. The van der Waals surface area contributed by atoms with Crippen LogP contribution in [0.5, 0.6) is 0 Å². The van der Waals surface area contributed by atoms with Crippen LogP contribution in [-0.2, 0) is 16.0 Å². The normalized spacial score (nSPS) is 20.9. The van der Waals surface area contributed by atoms with E-state index in [-0.39, 0.29) is 18.8 Å². The maximum absolute atomic E-state index is 13.9. The molecular formula is C19H23F4N3O3S. The van der Waals surface area contributed by atoms with Crippen molar-refractivity contribution in [1.29, 1.82) is 0 Å². The van der Waals surface area contributed by atoms with Crippen molar-refractivity contribution >= 4 is 33.3 Å². The van der Waals surface area contributed by atoms with Crippen molar-refractivity contribution < 1.29 is 32.2 Å². The van der Waals surface area contributed by atoms with Crippen molar-refractivity contribution in [1.82, 2.24) is 5.32 Å². The Hall–Kier alpha value is -1.95. The van der Waals surface area contributed by atoms with Crippen molar-refractivity contribution in [3.8, 4) is 0 Å². The van der Waals surface area contributed by atoms with E-state index in [1.165, 1.54) is 13.3 Å². The van der Waals surface area contributed by atoms with Gasteiger partial charge in [0.2, 0.25) is 0 Å². The van der Waals surface area contributed by atoms with Crippen molar-refractivity contribution in [2.45, 2.75) is 37.5 Å². The first-order valence-electron chi connectivity index (χ1n) is 9.36. The van der Waals surface area contributed by atoms with Gasteiger partial charge in [0.1, 0.15) is 12.7 Å². The van der Waals surface area contributed by atoms with Crippen LogP contribution >= 0.6 is 11.3 Å². The second-order valence-corrected chi connectivity index (χ2v) is 8.01. The summed E-state index contributed by atoms with van der Waals surface area (Å²) >= 11 is 1.12. The number of oxime groups is 1. The van der Waals surface area contributed by atoms with E-state index >= 15 is 0 Å². The molecule has 30 heavy (non-hydrogen) atoms. The van der Waals surface area contributed by atoms with Crippen LogP contribution in [0.3, 0.4) is 0 Å². The fourth-order valence-electron chi connectivity index (χ4n) is 3.25. The number of thiophene rings is 1. The second kappa shape index (κ2) is 9.90. The van der Waals surface area contributed by atoms with E-state index in [0.29, 0.717) is 33.6 Å².